The summed E-state index contributed by atoms with van der Waals surface area (Å²) >= 11 is 5.66. The van der Waals surface area contributed by atoms with Crippen LogP contribution in [-0.2, 0) is 11.3 Å². The van der Waals surface area contributed by atoms with Gasteiger partial charge in [-0.1, -0.05) is 66.7 Å². The van der Waals surface area contributed by atoms with Gasteiger partial charge in [-0.25, -0.2) is 4.39 Å². The van der Waals surface area contributed by atoms with Crippen LogP contribution in [0.3, 0.4) is 0 Å². The third-order valence-corrected chi connectivity index (χ3v) is 7.20. The van der Waals surface area contributed by atoms with Crippen LogP contribution in [-0.4, -0.2) is 26.6 Å². The van der Waals surface area contributed by atoms with E-state index < -0.39 is 18.2 Å². The summed E-state index contributed by atoms with van der Waals surface area (Å²) in [5.74, 6) is -0.328. The number of aliphatic hydroxyl groups is 2. The first-order valence-corrected chi connectivity index (χ1v) is 12.9. The standard InChI is InChI=1S/C31H28FNO4S/c32-24-11-7-23(8-12-24)27(35)16-17-29-30(26-15-6-20(19-34)18-28(26)36)33(31(38)37-29)25-13-9-22(10-14-25)21-4-2-1-3-5-21/h1-15,18,27,29-30,34-36H,16-17,19H2/t27-,29+,30+/m0/s1. The van der Waals surface area contributed by atoms with Crippen molar-refractivity contribution in [3.05, 3.63) is 120 Å². The van der Waals surface area contributed by atoms with Gasteiger partial charge >= 0.3 is 0 Å². The maximum Gasteiger partial charge on any atom is 0.264 e. The molecule has 194 valence electrons. The van der Waals surface area contributed by atoms with Crippen molar-refractivity contribution >= 4 is 23.1 Å². The highest BCUT2D eigenvalue weighted by Gasteiger charge is 2.42. The molecule has 4 aromatic rings. The van der Waals surface area contributed by atoms with Gasteiger partial charge in [0, 0.05) is 11.3 Å². The van der Waals surface area contributed by atoms with Gasteiger partial charge in [-0.3, -0.25) is 4.90 Å². The number of ether oxygens (including phenoxy) is 1. The first-order chi connectivity index (χ1) is 18.4. The van der Waals surface area contributed by atoms with E-state index in [2.05, 4.69) is 0 Å². The Bertz CT molecular complexity index is 1400. The molecule has 7 heteroatoms. The highest BCUT2D eigenvalue weighted by atomic mass is 32.1. The van der Waals surface area contributed by atoms with Gasteiger partial charge in [0.05, 0.1) is 12.7 Å². The number of anilines is 1. The number of phenolic OH excluding ortho intramolecular Hbond substituents is 1. The predicted octanol–water partition coefficient (Wildman–Crippen LogP) is 6.44. The van der Waals surface area contributed by atoms with Gasteiger partial charge in [0.2, 0.25) is 0 Å². The van der Waals surface area contributed by atoms with E-state index in [-0.39, 0.29) is 23.3 Å². The molecular weight excluding hydrogens is 501 g/mol. The summed E-state index contributed by atoms with van der Waals surface area (Å²) in [7, 11) is 0. The number of rotatable bonds is 8. The molecule has 3 atom stereocenters. The average molecular weight is 530 g/mol. The molecule has 5 rings (SSSR count). The monoisotopic (exact) mass is 529 g/mol. The van der Waals surface area contributed by atoms with Crippen LogP contribution in [0.15, 0.2) is 97.1 Å². The van der Waals surface area contributed by atoms with Crippen LogP contribution >= 0.6 is 12.2 Å². The quantitative estimate of drug-likeness (QED) is 0.228. The zero-order chi connectivity index (χ0) is 26.6. The molecule has 1 heterocycles. The largest absolute Gasteiger partial charge is 0.508 e. The molecule has 5 nitrogen and oxygen atoms in total. The van der Waals surface area contributed by atoms with Gasteiger partial charge in [0.15, 0.2) is 0 Å². The minimum Gasteiger partial charge on any atom is -0.508 e. The summed E-state index contributed by atoms with van der Waals surface area (Å²) < 4.78 is 19.5. The normalized spacial score (nSPS) is 17.9. The van der Waals surface area contributed by atoms with Gasteiger partial charge in [-0.05, 0) is 77.6 Å². The predicted molar refractivity (Wildman–Crippen MR) is 149 cm³/mol. The van der Waals surface area contributed by atoms with E-state index in [4.69, 9.17) is 17.0 Å². The number of benzene rings is 4. The summed E-state index contributed by atoms with van der Waals surface area (Å²) in [6.07, 6.45) is -0.482. The van der Waals surface area contributed by atoms with E-state index in [1.807, 2.05) is 59.5 Å². The molecule has 0 aromatic heterocycles. The van der Waals surface area contributed by atoms with Gasteiger partial charge in [0.1, 0.15) is 23.7 Å². The third-order valence-electron chi connectivity index (χ3n) is 6.91. The number of phenols is 1. The molecule has 0 radical (unpaired) electrons. The summed E-state index contributed by atoms with van der Waals surface area (Å²) in [5, 5.41) is 31.4. The molecule has 1 aliphatic heterocycles. The van der Waals surface area contributed by atoms with Crippen LogP contribution in [0.25, 0.3) is 11.1 Å². The van der Waals surface area contributed by atoms with Crippen molar-refractivity contribution in [3.63, 3.8) is 0 Å². The maximum atomic E-state index is 13.3. The lowest BCUT2D eigenvalue weighted by atomic mass is 9.93. The Hall–Kier alpha value is -3.78. The van der Waals surface area contributed by atoms with Crippen molar-refractivity contribution in [3.8, 4) is 16.9 Å². The first-order valence-electron chi connectivity index (χ1n) is 12.5. The molecule has 0 spiro atoms. The molecule has 0 unspecified atom stereocenters. The Morgan fingerprint density at radius 1 is 0.895 bits per heavy atom. The van der Waals surface area contributed by atoms with E-state index >= 15 is 0 Å². The van der Waals surface area contributed by atoms with Crippen molar-refractivity contribution in [2.24, 2.45) is 0 Å². The Morgan fingerprint density at radius 3 is 2.24 bits per heavy atom. The van der Waals surface area contributed by atoms with Crippen LogP contribution in [0.4, 0.5) is 10.1 Å². The number of aromatic hydroxyl groups is 1. The minimum absolute atomic E-state index is 0.0323. The Labute approximate surface area is 226 Å². The number of hydrogen-bond donors (Lipinski definition) is 3. The number of hydrogen-bond acceptors (Lipinski definition) is 5. The highest BCUT2D eigenvalue weighted by molar-refractivity contribution is 7.80. The van der Waals surface area contributed by atoms with Crippen LogP contribution < -0.4 is 4.90 Å². The topological polar surface area (TPSA) is 73.2 Å². The van der Waals surface area contributed by atoms with Gasteiger partial charge in [0.25, 0.3) is 5.17 Å². The molecule has 1 saturated heterocycles. The SMILES string of the molecule is OCc1ccc([C@@H]2[C@@H](CC[C@H](O)c3ccc(F)cc3)OC(=S)N2c2ccc(-c3ccccc3)cc2)c(O)c1. The van der Waals surface area contributed by atoms with Crippen LogP contribution in [0, 0.1) is 5.82 Å². The lowest BCUT2D eigenvalue weighted by molar-refractivity contribution is 0.126. The van der Waals surface area contributed by atoms with Crippen molar-refractivity contribution in [1.29, 1.82) is 0 Å². The maximum absolute atomic E-state index is 13.3. The molecule has 0 aliphatic carbocycles. The Balaban J connectivity index is 1.45. The Morgan fingerprint density at radius 2 is 1.58 bits per heavy atom. The van der Waals surface area contributed by atoms with E-state index in [1.165, 1.54) is 18.2 Å². The first kappa shape index (κ1) is 25.9. The fourth-order valence-electron chi connectivity index (χ4n) is 4.91. The zero-order valence-electron chi connectivity index (χ0n) is 20.6. The van der Waals surface area contributed by atoms with Crippen LogP contribution in [0.1, 0.15) is 41.7 Å². The van der Waals surface area contributed by atoms with E-state index in [9.17, 15) is 19.7 Å². The fourth-order valence-corrected chi connectivity index (χ4v) is 5.25. The summed E-state index contributed by atoms with van der Waals surface area (Å²) in [6.45, 7) is -0.189. The number of thiocarbonyl (C=S) groups is 1. The highest BCUT2D eigenvalue weighted by Crippen LogP contribution is 2.43. The summed E-state index contributed by atoms with van der Waals surface area (Å²) in [6, 6.07) is 28.4. The van der Waals surface area contributed by atoms with Crippen molar-refractivity contribution in [1.82, 2.24) is 0 Å². The van der Waals surface area contributed by atoms with E-state index in [1.54, 1.807) is 24.3 Å². The van der Waals surface area contributed by atoms with Crippen molar-refractivity contribution < 1.29 is 24.4 Å². The summed E-state index contributed by atoms with van der Waals surface area (Å²) in [5.41, 5.74) is 4.79. The van der Waals surface area contributed by atoms with E-state index in [0.717, 1.165) is 16.8 Å². The molecule has 38 heavy (non-hydrogen) atoms. The van der Waals surface area contributed by atoms with Crippen molar-refractivity contribution in [2.45, 2.75) is 37.7 Å². The number of halogens is 1. The van der Waals surface area contributed by atoms with Gasteiger partial charge in [-0.2, -0.15) is 0 Å². The smallest absolute Gasteiger partial charge is 0.264 e. The molecule has 1 fully saturated rings. The molecule has 0 amide bonds. The van der Waals surface area contributed by atoms with E-state index in [0.29, 0.717) is 29.5 Å². The second-order valence-electron chi connectivity index (χ2n) is 9.35. The average Bonchev–Trinajstić information content (AvgIpc) is 3.28. The molecule has 4 aromatic carbocycles. The van der Waals surface area contributed by atoms with Gasteiger partial charge in [-0.15, -0.1) is 0 Å². The molecular formula is C31H28FNO4S. The summed E-state index contributed by atoms with van der Waals surface area (Å²) in [4.78, 5) is 1.88. The molecule has 1 aliphatic rings. The lowest BCUT2D eigenvalue weighted by Gasteiger charge is -2.27. The number of aliphatic hydroxyl groups excluding tert-OH is 2. The lowest BCUT2D eigenvalue weighted by Crippen LogP contribution is -2.29. The fraction of sp³-hybridized carbons (Fsp3) is 0.194. The van der Waals surface area contributed by atoms with Crippen LogP contribution in [0.5, 0.6) is 5.75 Å². The van der Waals surface area contributed by atoms with Crippen LogP contribution in [0.2, 0.25) is 0 Å². The molecule has 0 bridgehead atoms. The minimum atomic E-state index is -0.807. The number of nitrogens with zero attached hydrogens (tertiary/aromatic N) is 1. The third kappa shape index (κ3) is 5.41. The molecule has 0 saturated carbocycles. The second-order valence-corrected chi connectivity index (χ2v) is 9.70. The van der Waals surface area contributed by atoms with Crippen molar-refractivity contribution in [2.75, 3.05) is 4.90 Å². The molecule has 3 N–H and O–H groups in total. The Kier molecular flexibility index (Phi) is 7.69. The van der Waals surface area contributed by atoms with Gasteiger partial charge < -0.3 is 20.1 Å². The zero-order valence-corrected chi connectivity index (χ0v) is 21.4. The second kappa shape index (κ2) is 11.3.